The number of hydrogen-bond acceptors (Lipinski definition) is 5. The lowest BCUT2D eigenvalue weighted by atomic mass is 9.93. The average Bonchev–Trinajstić information content (AvgIpc) is 2.84. The van der Waals surface area contributed by atoms with Crippen LogP contribution in [0.15, 0.2) is 49.1 Å². The van der Waals surface area contributed by atoms with E-state index in [0.29, 0.717) is 40.9 Å². The van der Waals surface area contributed by atoms with Gasteiger partial charge in [0.1, 0.15) is 12.4 Å². The first-order valence-corrected chi connectivity index (χ1v) is 9.79. The highest BCUT2D eigenvalue weighted by atomic mass is 16.5. The van der Waals surface area contributed by atoms with E-state index in [1.54, 1.807) is 54.5 Å². The minimum atomic E-state index is -0.680. The number of ether oxygens (including phenoxy) is 3. The third kappa shape index (κ3) is 4.74. The van der Waals surface area contributed by atoms with E-state index in [1.807, 2.05) is 13.8 Å². The van der Waals surface area contributed by atoms with Gasteiger partial charge in [0, 0.05) is 30.1 Å². The number of nitrogens with zero attached hydrogens (tertiary/aromatic N) is 1. The molecular formula is C23H27N3O5. The summed E-state index contributed by atoms with van der Waals surface area (Å²) >= 11 is 0. The number of hydrogen-bond donors (Lipinski definition) is 2. The predicted molar refractivity (Wildman–Crippen MR) is 120 cm³/mol. The van der Waals surface area contributed by atoms with Gasteiger partial charge in [-0.15, -0.1) is 6.58 Å². The Bertz CT molecular complexity index is 1000. The molecule has 0 aliphatic carbocycles. The van der Waals surface area contributed by atoms with Crippen molar-refractivity contribution in [2.45, 2.75) is 13.8 Å². The van der Waals surface area contributed by atoms with Crippen LogP contribution in [0.2, 0.25) is 0 Å². The van der Waals surface area contributed by atoms with Crippen molar-refractivity contribution in [1.29, 1.82) is 0 Å². The second kappa shape index (κ2) is 8.99. The van der Waals surface area contributed by atoms with Gasteiger partial charge in [-0.1, -0.05) is 6.08 Å². The van der Waals surface area contributed by atoms with E-state index >= 15 is 0 Å². The molecule has 2 aromatic carbocycles. The van der Waals surface area contributed by atoms with E-state index in [1.165, 1.54) is 7.11 Å². The molecule has 1 heterocycles. The fraction of sp³-hybridized carbons (Fsp3) is 0.304. The smallest absolute Gasteiger partial charge is 0.323 e. The number of fused-ring (bicyclic) bond motifs is 1. The Kier molecular flexibility index (Phi) is 6.39. The molecule has 3 amide bonds. The van der Waals surface area contributed by atoms with Gasteiger partial charge in [0.25, 0.3) is 0 Å². The molecule has 164 valence electrons. The number of rotatable bonds is 6. The van der Waals surface area contributed by atoms with Crippen LogP contribution >= 0.6 is 0 Å². The maximum Gasteiger partial charge on any atom is 0.323 e. The maximum absolute atomic E-state index is 12.9. The first-order valence-electron chi connectivity index (χ1n) is 9.79. The molecule has 0 aromatic heterocycles. The fourth-order valence-corrected chi connectivity index (χ4v) is 3.24. The first-order chi connectivity index (χ1) is 14.8. The van der Waals surface area contributed by atoms with Crippen molar-refractivity contribution >= 4 is 29.0 Å². The van der Waals surface area contributed by atoms with Gasteiger partial charge in [0.15, 0.2) is 11.5 Å². The molecule has 0 radical (unpaired) electrons. The van der Waals surface area contributed by atoms with Crippen LogP contribution in [0.4, 0.5) is 21.9 Å². The highest BCUT2D eigenvalue weighted by molar-refractivity contribution is 6.02. The van der Waals surface area contributed by atoms with E-state index < -0.39 is 11.4 Å². The molecular weight excluding hydrogens is 398 g/mol. The molecule has 8 nitrogen and oxygen atoms in total. The second-order valence-corrected chi connectivity index (χ2v) is 7.71. The van der Waals surface area contributed by atoms with E-state index in [-0.39, 0.29) is 12.5 Å². The van der Waals surface area contributed by atoms with Crippen LogP contribution in [0.3, 0.4) is 0 Å². The Morgan fingerprint density at radius 3 is 2.42 bits per heavy atom. The van der Waals surface area contributed by atoms with E-state index in [9.17, 15) is 9.59 Å². The van der Waals surface area contributed by atoms with Gasteiger partial charge in [-0.3, -0.25) is 4.79 Å². The molecule has 0 saturated carbocycles. The Morgan fingerprint density at radius 1 is 1.13 bits per heavy atom. The summed E-state index contributed by atoms with van der Waals surface area (Å²) in [6, 6.07) is 9.83. The summed E-state index contributed by atoms with van der Waals surface area (Å²) in [6.45, 7) is 8.02. The van der Waals surface area contributed by atoms with Crippen LogP contribution in [0.5, 0.6) is 17.2 Å². The number of methoxy groups -OCH3 is 2. The van der Waals surface area contributed by atoms with Gasteiger partial charge < -0.3 is 29.7 Å². The molecule has 0 bridgehead atoms. The van der Waals surface area contributed by atoms with Gasteiger partial charge in [-0.2, -0.15) is 0 Å². The van der Waals surface area contributed by atoms with Crippen molar-refractivity contribution in [3.8, 4) is 17.2 Å². The maximum atomic E-state index is 12.9. The molecule has 0 atom stereocenters. The van der Waals surface area contributed by atoms with E-state index in [0.717, 1.165) is 0 Å². The molecule has 1 aliphatic heterocycles. The van der Waals surface area contributed by atoms with E-state index in [2.05, 4.69) is 17.2 Å². The number of carbonyl (C=O) groups is 2. The Hall–Kier alpha value is -3.68. The molecule has 0 saturated heterocycles. The van der Waals surface area contributed by atoms with Crippen molar-refractivity contribution in [2.24, 2.45) is 5.41 Å². The molecule has 3 rings (SSSR count). The topological polar surface area (TPSA) is 89.1 Å². The summed E-state index contributed by atoms with van der Waals surface area (Å²) in [5, 5.41) is 5.53. The molecule has 2 N–H and O–H groups in total. The molecule has 8 heteroatoms. The van der Waals surface area contributed by atoms with Gasteiger partial charge in [0.2, 0.25) is 5.91 Å². The zero-order chi connectivity index (χ0) is 22.6. The van der Waals surface area contributed by atoms with Crippen LogP contribution in [-0.4, -0.2) is 39.3 Å². The summed E-state index contributed by atoms with van der Waals surface area (Å²) in [6.07, 6.45) is 1.67. The number of nitrogens with one attached hydrogen (secondary N) is 2. The largest absolute Gasteiger partial charge is 0.493 e. The van der Waals surface area contributed by atoms with Gasteiger partial charge in [0.05, 0.1) is 25.3 Å². The summed E-state index contributed by atoms with van der Waals surface area (Å²) in [5.41, 5.74) is 1.04. The van der Waals surface area contributed by atoms with Crippen molar-refractivity contribution in [3.63, 3.8) is 0 Å². The van der Waals surface area contributed by atoms with Gasteiger partial charge >= 0.3 is 6.03 Å². The molecule has 0 unspecified atom stereocenters. The number of amides is 3. The average molecular weight is 425 g/mol. The normalized spacial score (nSPS) is 14.6. The Labute approximate surface area is 181 Å². The predicted octanol–water partition coefficient (Wildman–Crippen LogP) is 4.29. The molecule has 31 heavy (non-hydrogen) atoms. The monoisotopic (exact) mass is 425 g/mol. The minimum absolute atomic E-state index is 0.0435. The van der Waals surface area contributed by atoms with Gasteiger partial charge in [-0.05, 0) is 38.1 Å². The quantitative estimate of drug-likeness (QED) is 0.674. The highest BCUT2D eigenvalue weighted by Crippen LogP contribution is 2.38. The summed E-state index contributed by atoms with van der Waals surface area (Å²) in [7, 11) is 3.07. The van der Waals surface area contributed by atoms with Crippen molar-refractivity contribution in [1.82, 2.24) is 0 Å². The first kappa shape index (κ1) is 22.0. The van der Waals surface area contributed by atoms with Crippen LogP contribution in [0.25, 0.3) is 0 Å². The lowest BCUT2D eigenvalue weighted by molar-refractivity contribution is -0.127. The van der Waals surface area contributed by atoms with Crippen molar-refractivity contribution < 1.29 is 23.8 Å². The fourth-order valence-electron chi connectivity index (χ4n) is 3.24. The number of benzene rings is 2. The van der Waals surface area contributed by atoms with Crippen molar-refractivity contribution in [3.05, 3.63) is 49.1 Å². The second-order valence-electron chi connectivity index (χ2n) is 7.71. The summed E-state index contributed by atoms with van der Waals surface area (Å²) in [4.78, 5) is 27.0. The molecule has 2 aromatic rings. The number of anilines is 3. The zero-order valence-corrected chi connectivity index (χ0v) is 18.2. The third-order valence-corrected chi connectivity index (χ3v) is 4.87. The lowest BCUT2D eigenvalue weighted by Gasteiger charge is -2.27. The van der Waals surface area contributed by atoms with Crippen LogP contribution in [0.1, 0.15) is 13.8 Å². The summed E-state index contributed by atoms with van der Waals surface area (Å²) in [5.74, 6) is 1.55. The minimum Gasteiger partial charge on any atom is -0.493 e. The molecule has 0 spiro atoms. The Morgan fingerprint density at radius 2 is 1.77 bits per heavy atom. The van der Waals surface area contributed by atoms with Crippen molar-refractivity contribution in [2.75, 3.05) is 42.9 Å². The standard InChI is InChI=1S/C23H27N3O5/c1-6-11-26-17-9-7-15(12-19(17)31-14-23(2,3)21(26)27)24-22(28)25-16-8-10-18(29-4)20(13-16)30-5/h6-10,12-13H,1,11,14H2,2-5H3,(H2,24,25,28). The molecule has 0 fully saturated rings. The lowest BCUT2D eigenvalue weighted by Crippen LogP contribution is -2.42. The third-order valence-electron chi connectivity index (χ3n) is 4.87. The van der Waals surface area contributed by atoms with Crippen LogP contribution < -0.4 is 29.7 Å². The number of urea groups is 1. The molecule has 1 aliphatic rings. The zero-order valence-electron chi connectivity index (χ0n) is 18.2. The Balaban J connectivity index is 1.78. The number of carbonyl (C=O) groups excluding carboxylic acids is 2. The highest BCUT2D eigenvalue weighted by Gasteiger charge is 2.37. The summed E-state index contributed by atoms with van der Waals surface area (Å²) < 4.78 is 16.4. The van der Waals surface area contributed by atoms with Crippen LogP contribution in [-0.2, 0) is 4.79 Å². The van der Waals surface area contributed by atoms with Gasteiger partial charge in [-0.25, -0.2) is 4.79 Å². The van der Waals surface area contributed by atoms with E-state index in [4.69, 9.17) is 14.2 Å². The van der Waals surface area contributed by atoms with Crippen LogP contribution in [0, 0.1) is 5.41 Å². The SMILES string of the molecule is C=CCN1C(=O)C(C)(C)COc2cc(NC(=O)Nc3ccc(OC)c(OC)c3)ccc21.